The van der Waals surface area contributed by atoms with E-state index < -0.39 is 24.1 Å². The Bertz CT molecular complexity index is 1940. The van der Waals surface area contributed by atoms with Gasteiger partial charge in [-0.05, 0) is 51.4 Å². The first kappa shape index (κ1) is 77.6. The third-order valence-corrected chi connectivity index (χ3v) is 11.9. The van der Waals surface area contributed by atoms with Crippen LogP contribution >= 0.6 is 0 Å². The molecule has 10 amide bonds. The van der Waals surface area contributed by atoms with Gasteiger partial charge in [-0.1, -0.05) is 37.3 Å². The van der Waals surface area contributed by atoms with Crippen molar-refractivity contribution in [2.24, 2.45) is 0 Å². The molecule has 0 spiro atoms. The van der Waals surface area contributed by atoms with Gasteiger partial charge in [-0.3, -0.25) is 47.9 Å². The van der Waals surface area contributed by atoms with E-state index in [1.807, 2.05) is 0 Å². The Morgan fingerprint density at radius 3 is 0.965 bits per heavy atom. The Hall–Kier alpha value is -7.42. The van der Waals surface area contributed by atoms with Crippen LogP contribution in [-0.2, 0) is 77.0 Å². The van der Waals surface area contributed by atoms with Crippen molar-refractivity contribution in [3.8, 4) is 0 Å². The van der Waals surface area contributed by atoms with Crippen LogP contribution in [0.3, 0.4) is 0 Å². The van der Waals surface area contributed by atoms with E-state index in [0.717, 1.165) is 0 Å². The largest absolute Gasteiger partial charge is 0.481 e. The second-order valence-corrected chi connectivity index (χ2v) is 19.1. The molecule has 0 aromatic carbocycles. The number of amides is 10. The van der Waals surface area contributed by atoms with Crippen LogP contribution in [0.4, 0.5) is 9.59 Å². The second kappa shape index (κ2) is 53.3. The lowest BCUT2D eigenvalue weighted by Gasteiger charge is -2.23. The number of unbranched alkanes of at least 4 members (excludes halogenated alkanes) is 8. The highest BCUT2D eigenvalue weighted by atomic mass is 17.5. The van der Waals surface area contributed by atoms with Crippen LogP contribution in [0.2, 0.25) is 0 Å². The number of carbonyl (C=O) groups is 12. The fourth-order valence-corrected chi connectivity index (χ4v) is 7.34. The van der Waals surface area contributed by atoms with Crippen molar-refractivity contribution in [3.63, 3.8) is 0 Å². The molecule has 0 unspecified atom stereocenters. The molecular formula is C53H92N10O22. The van der Waals surface area contributed by atoms with Crippen molar-refractivity contribution in [1.29, 1.82) is 0 Å². The number of nitrogens with one attached hydrogen (secondary N) is 8. The molecule has 0 atom stereocenters. The SMILES string of the molecule is C=C(CC(=O)NCCCCCC(=O)NCCN(CCNC(=O)CCCCCNC(=O)CCOOO)C(=O)OCCOCCOC(=O)N(CCNC(=O)CCCCCNC(=O)CCC(=O)O)CCNC(=O)CCCCCNC(=O)CCC(=O)O)OO. The highest BCUT2D eigenvalue weighted by Crippen LogP contribution is 2.05. The number of aliphatic carboxylic acids is 2. The predicted octanol–water partition coefficient (Wildman–Crippen LogP) is 0.986. The lowest BCUT2D eigenvalue weighted by atomic mass is 10.2. The number of carbonyl (C=O) groups excluding carboxylic acids is 10. The molecule has 0 bridgehead atoms. The molecule has 85 heavy (non-hydrogen) atoms. The quantitative estimate of drug-likeness (QED) is 0.0175. The molecule has 0 aliphatic carbocycles. The third kappa shape index (κ3) is 50.8. The van der Waals surface area contributed by atoms with Crippen LogP contribution in [-0.4, -0.2) is 213 Å². The van der Waals surface area contributed by atoms with Crippen molar-refractivity contribution >= 4 is 71.4 Å². The average molecular weight is 1220 g/mol. The number of rotatable bonds is 55. The lowest BCUT2D eigenvalue weighted by molar-refractivity contribution is -0.490. The molecule has 0 radical (unpaired) electrons. The lowest BCUT2D eigenvalue weighted by Crippen LogP contribution is -2.43. The first-order chi connectivity index (χ1) is 40.9. The molecule has 0 saturated heterocycles. The Labute approximate surface area is 495 Å². The van der Waals surface area contributed by atoms with Gasteiger partial charge in [0.1, 0.15) is 19.0 Å². The number of carboxylic acids is 2. The van der Waals surface area contributed by atoms with Gasteiger partial charge in [0.25, 0.3) is 0 Å². The highest BCUT2D eigenvalue weighted by molar-refractivity contribution is 5.82. The number of hydrogen-bond acceptors (Lipinski definition) is 20. The van der Waals surface area contributed by atoms with E-state index in [1.165, 1.54) is 9.80 Å². The van der Waals surface area contributed by atoms with Gasteiger partial charge in [-0.2, -0.15) is 0 Å². The molecule has 0 aromatic rings. The summed E-state index contributed by atoms with van der Waals surface area (Å²) in [4.78, 5) is 156. The van der Waals surface area contributed by atoms with Crippen LogP contribution in [0.1, 0.15) is 141 Å². The maximum Gasteiger partial charge on any atom is 0.409 e. The summed E-state index contributed by atoms with van der Waals surface area (Å²) in [6.45, 7) is 4.44. The predicted molar refractivity (Wildman–Crippen MR) is 300 cm³/mol. The van der Waals surface area contributed by atoms with Crippen molar-refractivity contribution in [3.05, 3.63) is 12.3 Å². The summed E-state index contributed by atoms with van der Waals surface area (Å²) in [5.74, 6) is -4.70. The summed E-state index contributed by atoms with van der Waals surface area (Å²) in [6.07, 6.45) is 5.28. The van der Waals surface area contributed by atoms with E-state index in [9.17, 15) is 57.5 Å². The van der Waals surface area contributed by atoms with Crippen molar-refractivity contribution in [1.82, 2.24) is 52.3 Å². The van der Waals surface area contributed by atoms with E-state index >= 15 is 0 Å². The van der Waals surface area contributed by atoms with E-state index in [1.54, 1.807) is 0 Å². The molecule has 0 saturated carbocycles. The molecule has 486 valence electrons. The van der Waals surface area contributed by atoms with Crippen LogP contribution in [0.25, 0.3) is 0 Å². The zero-order valence-electron chi connectivity index (χ0n) is 48.8. The molecule has 0 fully saturated rings. The molecule has 0 aliphatic rings. The third-order valence-electron chi connectivity index (χ3n) is 11.9. The van der Waals surface area contributed by atoms with Gasteiger partial charge in [0.2, 0.25) is 47.3 Å². The summed E-state index contributed by atoms with van der Waals surface area (Å²) in [5, 5.41) is 59.2. The Balaban J connectivity index is 5.18. The van der Waals surface area contributed by atoms with Gasteiger partial charge in [-0.15, -0.1) is 0 Å². The Morgan fingerprint density at radius 1 is 0.341 bits per heavy atom. The van der Waals surface area contributed by atoms with Gasteiger partial charge in [0, 0.05) is 117 Å². The summed E-state index contributed by atoms with van der Waals surface area (Å²) < 4.78 is 16.4. The van der Waals surface area contributed by atoms with Gasteiger partial charge >= 0.3 is 24.1 Å². The number of hydrogen-bond donors (Lipinski definition) is 12. The van der Waals surface area contributed by atoms with Gasteiger partial charge in [-0.25, -0.2) is 25.0 Å². The first-order valence-electron chi connectivity index (χ1n) is 28.8. The van der Waals surface area contributed by atoms with Crippen molar-refractivity contribution in [2.75, 3.05) is 112 Å². The molecule has 32 nitrogen and oxygen atoms in total. The maximum absolute atomic E-state index is 13.2. The standard InChI is InChI=1S/C53H92N10O22/c1-41(84-78)40-49(71)57-26-13-5-9-17-45(67)61-30-34-63(33-29-60-44(66)16-8-4-12-25-56-48(70)22-35-83-85-79)53(77)82-39-37-80-36-38-81-52(76)62(31-27-58-42(64)14-6-2-10-23-54-46(68)18-20-50(72)73)32-28-59-43(65)15-7-3-11-24-55-47(69)19-21-51(74)75/h78-79H,1-40H2,(H,54,68)(H,55,69)(H,56,70)(H,57,71)(H,58,64)(H,59,65)(H,60,66)(H,61,67)(H,72,73)(H,74,75). The molecule has 0 rings (SSSR count). The maximum atomic E-state index is 13.2. The molecule has 12 N–H and O–H groups in total. The van der Waals surface area contributed by atoms with Crippen LogP contribution in [0.5, 0.6) is 0 Å². The number of nitrogens with zero attached hydrogens (tertiary/aromatic N) is 2. The summed E-state index contributed by atoms with van der Waals surface area (Å²) in [7, 11) is 0. The van der Waals surface area contributed by atoms with Crippen LogP contribution < -0.4 is 42.5 Å². The second-order valence-electron chi connectivity index (χ2n) is 19.1. The zero-order chi connectivity index (χ0) is 63.1. The fourth-order valence-electron chi connectivity index (χ4n) is 7.34. The topological polar surface area (TPSA) is 444 Å². The minimum absolute atomic E-state index is 0.00358. The first-order valence-corrected chi connectivity index (χ1v) is 28.8. The van der Waals surface area contributed by atoms with Gasteiger partial charge < -0.3 is 81.6 Å². The monoisotopic (exact) mass is 1220 g/mol. The van der Waals surface area contributed by atoms with Crippen LogP contribution in [0, 0.1) is 0 Å². The number of carboxylic acid groups (broad SMARTS) is 2. The minimum atomic E-state index is -1.07. The van der Waals surface area contributed by atoms with Gasteiger partial charge in [0.05, 0.1) is 45.5 Å². The number of ether oxygens (including phenoxy) is 3. The average Bonchev–Trinajstić information content (AvgIpc) is 3.51. The molecule has 0 aliphatic heterocycles. The Morgan fingerprint density at radius 2 is 0.647 bits per heavy atom. The van der Waals surface area contributed by atoms with E-state index in [2.05, 4.69) is 63.9 Å². The highest BCUT2D eigenvalue weighted by Gasteiger charge is 2.19. The van der Waals surface area contributed by atoms with E-state index in [4.69, 9.17) is 34.9 Å². The Kier molecular flexibility index (Phi) is 48.7. The van der Waals surface area contributed by atoms with E-state index in [0.29, 0.717) is 103 Å². The fraction of sp³-hybridized carbons (Fsp3) is 0.736. The summed E-state index contributed by atoms with van der Waals surface area (Å²) in [6, 6.07) is 0. The van der Waals surface area contributed by atoms with E-state index in [-0.39, 0.29) is 203 Å². The molecule has 32 heteroatoms. The molecule has 0 heterocycles. The normalized spacial score (nSPS) is 10.6. The molecular weight excluding hydrogens is 1130 g/mol. The smallest absolute Gasteiger partial charge is 0.409 e. The summed E-state index contributed by atoms with van der Waals surface area (Å²) in [5.41, 5.74) is 0. The summed E-state index contributed by atoms with van der Waals surface area (Å²) >= 11 is 0. The van der Waals surface area contributed by atoms with Crippen LogP contribution in [0.15, 0.2) is 12.3 Å². The zero-order valence-corrected chi connectivity index (χ0v) is 48.8. The molecule has 0 aromatic heterocycles. The van der Waals surface area contributed by atoms with Gasteiger partial charge in [0.15, 0.2) is 0 Å². The minimum Gasteiger partial charge on any atom is -0.481 e. The van der Waals surface area contributed by atoms with Crippen molar-refractivity contribution < 1.29 is 107 Å². The van der Waals surface area contributed by atoms with Crippen molar-refractivity contribution in [2.45, 2.75) is 141 Å².